The minimum Gasteiger partial charge on any atom is -0.488 e. The number of para-hydroxylation sites is 1. The summed E-state index contributed by atoms with van der Waals surface area (Å²) >= 11 is 0. The molecule has 0 atom stereocenters. The monoisotopic (exact) mass is 288 g/mol. The van der Waals surface area contributed by atoms with Crippen molar-refractivity contribution in [3.05, 3.63) is 90.0 Å². The number of hydrogen-bond acceptors (Lipinski definition) is 2. The van der Waals surface area contributed by atoms with Gasteiger partial charge in [0.1, 0.15) is 12.4 Å². The number of rotatable bonds is 5. The summed E-state index contributed by atoms with van der Waals surface area (Å²) < 4.78 is 5.73. The van der Waals surface area contributed by atoms with Gasteiger partial charge >= 0.3 is 0 Å². The molecule has 0 aliphatic carbocycles. The van der Waals surface area contributed by atoms with Gasteiger partial charge in [-0.3, -0.25) is 4.79 Å². The number of benzene rings is 3. The molecule has 0 radical (unpaired) electrons. The maximum atomic E-state index is 11.0. The van der Waals surface area contributed by atoms with E-state index in [1.807, 2.05) is 48.5 Å². The van der Waals surface area contributed by atoms with Crippen molar-refractivity contribution in [1.82, 2.24) is 0 Å². The SMILES string of the molecule is O=Cc1ccccc1OCc1ccc(-c2ccccc2)cc1. The normalized spacial score (nSPS) is 10.2. The summed E-state index contributed by atoms with van der Waals surface area (Å²) in [5.74, 6) is 0.615. The van der Waals surface area contributed by atoms with Crippen LogP contribution in [-0.2, 0) is 6.61 Å². The van der Waals surface area contributed by atoms with Gasteiger partial charge in [0.2, 0.25) is 0 Å². The molecular weight excluding hydrogens is 272 g/mol. The van der Waals surface area contributed by atoms with Gasteiger partial charge in [-0.25, -0.2) is 0 Å². The predicted molar refractivity (Wildman–Crippen MR) is 88.0 cm³/mol. The van der Waals surface area contributed by atoms with Crippen LogP contribution >= 0.6 is 0 Å². The van der Waals surface area contributed by atoms with Crippen LogP contribution in [0.3, 0.4) is 0 Å². The van der Waals surface area contributed by atoms with Gasteiger partial charge in [-0.1, -0.05) is 66.7 Å². The average molecular weight is 288 g/mol. The molecule has 0 aromatic heterocycles. The zero-order valence-electron chi connectivity index (χ0n) is 12.1. The fraction of sp³-hybridized carbons (Fsp3) is 0.0500. The van der Waals surface area contributed by atoms with E-state index < -0.39 is 0 Å². The van der Waals surface area contributed by atoms with E-state index >= 15 is 0 Å². The Kier molecular flexibility index (Phi) is 4.30. The molecule has 0 saturated carbocycles. The highest BCUT2D eigenvalue weighted by Gasteiger charge is 2.02. The largest absolute Gasteiger partial charge is 0.488 e. The molecule has 0 amide bonds. The summed E-state index contributed by atoms with van der Waals surface area (Å²) in [6.07, 6.45) is 0.813. The van der Waals surface area contributed by atoms with Crippen LogP contribution in [0.5, 0.6) is 5.75 Å². The molecule has 0 heterocycles. The Morgan fingerprint density at radius 1 is 0.727 bits per heavy atom. The maximum Gasteiger partial charge on any atom is 0.153 e. The first-order valence-corrected chi connectivity index (χ1v) is 7.18. The molecular formula is C20H16O2. The first-order valence-electron chi connectivity index (χ1n) is 7.18. The van der Waals surface area contributed by atoms with Gasteiger partial charge < -0.3 is 4.74 Å². The lowest BCUT2D eigenvalue weighted by Gasteiger charge is -2.09. The molecule has 0 fully saturated rings. The summed E-state index contributed by atoms with van der Waals surface area (Å²) in [6, 6.07) is 25.8. The van der Waals surface area contributed by atoms with Crippen LogP contribution in [0.15, 0.2) is 78.9 Å². The minimum absolute atomic E-state index is 0.444. The Balaban J connectivity index is 1.70. The van der Waals surface area contributed by atoms with Gasteiger partial charge in [0.05, 0.1) is 5.56 Å². The van der Waals surface area contributed by atoms with E-state index in [2.05, 4.69) is 24.3 Å². The molecule has 0 N–H and O–H groups in total. The van der Waals surface area contributed by atoms with Gasteiger partial charge in [-0.15, -0.1) is 0 Å². The van der Waals surface area contributed by atoms with E-state index in [0.717, 1.165) is 11.8 Å². The van der Waals surface area contributed by atoms with E-state index in [1.165, 1.54) is 11.1 Å². The Hall–Kier alpha value is -2.87. The minimum atomic E-state index is 0.444. The Morgan fingerprint density at radius 3 is 2.09 bits per heavy atom. The van der Waals surface area contributed by atoms with Crippen LogP contribution in [0, 0.1) is 0 Å². The Morgan fingerprint density at radius 2 is 1.36 bits per heavy atom. The van der Waals surface area contributed by atoms with Crippen molar-refractivity contribution in [2.75, 3.05) is 0 Å². The lowest BCUT2D eigenvalue weighted by molar-refractivity contribution is 0.111. The molecule has 0 saturated heterocycles. The highest BCUT2D eigenvalue weighted by molar-refractivity contribution is 5.79. The summed E-state index contributed by atoms with van der Waals surface area (Å²) in [6.45, 7) is 0.444. The highest BCUT2D eigenvalue weighted by Crippen LogP contribution is 2.21. The van der Waals surface area contributed by atoms with Gasteiger partial charge in [-0.05, 0) is 28.8 Å². The van der Waals surface area contributed by atoms with E-state index in [4.69, 9.17) is 4.74 Å². The maximum absolute atomic E-state index is 11.0. The number of carbonyl (C=O) groups is 1. The average Bonchev–Trinajstić information content (AvgIpc) is 2.61. The van der Waals surface area contributed by atoms with Crippen LogP contribution in [-0.4, -0.2) is 6.29 Å². The molecule has 22 heavy (non-hydrogen) atoms. The predicted octanol–water partition coefficient (Wildman–Crippen LogP) is 4.75. The molecule has 0 bridgehead atoms. The van der Waals surface area contributed by atoms with E-state index in [9.17, 15) is 4.79 Å². The molecule has 0 aliphatic rings. The number of hydrogen-bond donors (Lipinski definition) is 0. The second-order valence-corrected chi connectivity index (χ2v) is 5.01. The van der Waals surface area contributed by atoms with E-state index in [-0.39, 0.29) is 0 Å². The standard InChI is InChI=1S/C20H16O2/c21-14-19-8-4-5-9-20(19)22-15-16-10-12-18(13-11-16)17-6-2-1-3-7-17/h1-14H,15H2. The first-order chi connectivity index (χ1) is 10.9. The third-order valence-corrected chi connectivity index (χ3v) is 3.50. The first kappa shape index (κ1) is 14.1. The van der Waals surface area contributed by atoms with E-state index in [1.54, 1.807) is 6.07 Å². The molecule has 0 aliphatic heterocycles. The van der Waals surface area contributed by atoms with Crippen molar-refractivity contribution in [3.8, 4) is 16.9 Å². The molecule has 2 heteroatoms. The molecule has 3 rings (SSSR count). The highest BCUT2D eigenvalue weighted by atomic mass is 16.5. The second kappa shape index (κ2) is 6.72. The fourth-order valence-electron chi connectivity index (χ4n) is 2.29. The zero-order chi connectivity index (χ0) is 15.2. The zero-order valence-corrected chi connectivity index (χ0v) is 12.1. The van der Waals surface area contributed by atoms with Crippen LogP contribution in [0.1, 0.15) is 15.9 Å². The van der Waals surface area contributed by atoms with Crippen molar-refractivity contribution in [2.45, 2.75) is 6.61 Å². The molecule has 108 valence electrons. The second-order valence-electron chi connectivity index (χ2n) is 5.01. The molecule has 0 unspecified atom stereocenters. The smallest absolute Gasteiger partial charge is 0.153 e. The summed E-state index contributed by atoms with van der Waals surface area (Å²) in [7, 11) is 0. The summed E-state index contributed by atoms with van der Waals surface area (Å²) in [4.78, 5) is 11.0. The topological polar surface area (TPSA) is 26.3 Å². The van der Waals surface area contributed by atoms with Crippen LogP contribution in [0.2, 0.25) is 0 Å². The quantitative estimate of drug-likeness (QED) is 0.634. The molecule has 3 aromatic carbocycles. The third kappa shape index (κ3) is 3.23. The molecule has 2 nitrogen and oxygen atoms in total. The van der Waals surface area contributed by atoms with Gasteiger partial charge in [-0.2, -0.15) is 0 Å². The van der Waals surface area contributed by atoms with Crippen LogP contribution < -0.4 is 4.74 Å². The Bertz CT molecular complexity index is 746. The number of carbonyl (C=O) groups excluding carboxylic acids is 1. The fourth-order valence-corrected chi connectivity index (χ4v) is 2.29. The summed E-state index contributed by atoms with van der Waals surface area (Å²) in [5, 5.41) is 0. The number of aldehydes is 1. The van der Waals surface area contributed by atoms with Crippen molar-refractivity contribution in [1.29, 1.82) is 0 Å². The van der Waals surface area contributed by atoms with Crippen LogP contribution in [0.4, 0.5) is 0 Å². The van der Waals surface area contributed by atoms with Crippen molar-refractivity contribution in [3.63, 3.8) is 0 Å². The third-order valence-electron chi connectivity index (χ3n) is 3.50. The van der Waals surface area contributed by atoms with Crippen molar-refractivity contribution in [2.24, 2.45) is 0 Å². The Labute approximate surface area is 130 Å². The molecule has 0 spiro atoms. The van der Waals surface area contributed by atoms with Crippen molar-refractivity contribution < 1.29 is 9.53 Å². The van der Waals surface area contributed by atoms with E-state index in [0.29, 0.717) is 17.9 Å². The van der Waals surface area contributed by atoms with Crippen molar-refractivity contribution >= 4 is 6.29 Å². The van der Waals surface area contributed by atoms with Gasteiger partial charge in [0, 0.05) is 0 Å². The summed E-state index contributed by atoms with van der Waals surface area (Å²) in [5.41, 5.74) is 4.02. The number of ether oxygens (including phenoxy) is 1. The lowest BCUT2D eigenvalue weighted by Crippen LogP contribution is -1.98. The van der Waals surface area contributed by atoms with Gasteiger partial charge in [0.15, 0.2) is 6.29 Å². The van der Waals surface area contributed by atoms with Crippen LogP contribution in [0.25, 0.3) is 11.1 Å². The molecule has 3 aromatic rings. The van der Waals surface area contributed by atoms with Gasteiger partial charge in [0.25, 0.3) is 0 Å². The lowest BCUT2D eigenvalue weighted by atomic mass is 10.0.